The number of carbonyl (C=O) groups excluding carboxylic acids is 2. The van der Waals surface area contributed by atoms with Crippen molar-refractivity contribution >= 4 is 11.9 Å². The number of aromatic amines is 1. The normalized spacial score (nSPS) is 15.8. The van der Waals surface area contributed by atoms with Crippen molar-refractivity contribution in [3.05, 3.63) is 58.4 Å². The average Bonchev–Trinajstić information content (AvgIpc) is 3.02. The maximum atomic E-state index is 13.0. The number of aryl methyl sites for hydroxylation is 1. The van der Waals surface area contributed by atoms with Crippen molar-refractivity contribution < 1.29 is 19.1 Å². The molecular weight excluding hydrogens is 358 g/mol. The Hall–Kier alpha value is -2.64. The van der Waals surface area contributed by atoms with E-state index in [0.717, 1.165) is 18.7 Å². The van der Waals surface area contributed by atoms with E-state index in [0.29, 0.717) is 42.3 Å². The van der Waals surface area contributed by atoms with E-state index >= 15 is 0 Å². The van der Waals surface area contributed by atoms with Crippen LogP contribution in [0.4, 0.5) is 0 Å². The van der Waals surface area contributed by atoms with Crippen molar-refractivity contribution in [3.63, 3.8) is 0 Å². The molecule has 3 rings (SSSR count). The van der Waals surface area contributed by atoms with Gasteiger partial charge >= 0.3 is 5.97 Å². The lowest BCUT2D eigenvalue weighted by Crippen LogP contribution is -2.43. The molecule has 1 atom stereocenters. The number of morpholine rings is 1. The standard InChI is InChI=1S/C21H27N3O4/c1-14-18(21(26)27-3)15(2)22-19(14)20(25)23-17(16-7-5-4-6-8-16)13-24-9-11-28-12-10-24/h4-8,17,22H,9-13H2,1-3H3,(H,23,25). The topological polar surface area (TPSA) is 83.7 Å². The maximum Gasteiger partial charge on any atom is 0.339 e. The summed E-state index contributed by atoms with van der Waals surface area (Å²) in [5, 5.41) is 3.13. The van der Waals surface area contributed by atoms with Crippen LogP contribution in [0.1, 0.15) is 43.7 Å². The molecular formula is C21H27N3O4. The first-order valence-electron chi connectivity index (χ1n) is 9.44. The lowest BCUT2D eigenvalue weighted by atomic mass is 10.1. The van der Waals surface area contributed by atoms with E-state index in [1.807, 2.05) is 30.3 Å². The molecule has 0 bridgehead atoms. The molecule has 1 saturated heterocycles. The van der Waals surface area contributed by atoms with Gasteiger partial charge in [0.05, 0.1) is 31.9 Å². The summed E-state index contributed by atoms with van der Waals surface area (Å²) in [4.78, 5) is 30.4. The zero-order valence-corrected chi connectivity index (χ0v) is 16.6. The van der Waals surface area contributed by atoms with E-state index < -0.39 is 5.97 Å². The van der Waals surface area contributed by atoms with Crippen LogP contribution in [0.5, 0.6) is 0 Å². The molecule has 7 heteroatoms. The lowest BCUT2D eigenvalue weighted by molar-refractivity contribution is 0.0332. The number of carbonyl (C=O) groups is 2. The Labute approximate surface area is 165 Å². The molecule has 7 nitrogen and oxygen atoms in total. The van der Waals surface area contributed by atoms with Crippen molar-refractivity contribution in [2.45, 2.75) is 19.9 Å². The van der Waals surface area contributed by atoms with Gasteiger partial charge in [0.25, 0.3) is 5.91 Å². The molecule has 1 aromatic carbocycles. The third-order valence-electron chi connectivity index (χ3n) is 5.11. The lowest BCUT2D eigenvalue weighted by Gasteiger charge is -2.31. The summed E-state index contributed by atoms with van der Waals surface area (Å²) in [6.07, 6.45) is 0. The number of hydrogen-bond donors (Lipinski definition) is 2. The second kappa shape index (κ2) is 9.03. The second-order valence-corrected chi connectivity index (χ2v) is 6.97. The van der Waals surface area contributed by atoms with Crippen molar-refractivity contribution in [1.82, 2.24) is 15.2 Å². The molecule has 1 aliphatic heterocycles. The van der Waals surface area contributed by atoms with Gasteiger partial charge in [-0.1, -0.05) is 30.3 Å². The summed E-state index contributed by atoms with van der Waals surface area (Å²) in [5.74, 6) is -0.684. The summed E-state index contributed by atoms with van der Waals surface area (Å²) in [6.45, 7) is 7.29. The molecule has 1 aliphatic rings. The summed E-state index contributed by atoms with van der Waals surface area (Å²) >= 11 is 0. The molecule has 1 fully saturated rings. The quantitative estimate of drug-likeness (QED) is 0.745. The van der Waals surface area contributed by atoms with Crippen LogP contribution in [0.3, 0.4) is 0 Å². The number of nitrogens with one attached hydrogen (secondary N) is 2. The fourth-order valence-corrected chi connectivity index (χ4v) is 3.58. The third-order valence-corrected chi connectivity index (χ3v) is 5.11. The number of aromatic nitrogens is 1. The minimum Gasteiger partial charge on any atom is -0.465 e. The van der Waals surface area contributed by atoms with Gasteiger partial charge in [0, 0.05) is 25.3 Å². The summed E-state index contributed by atoms with van der Waals surface area (Å²) in [7, 11) is 1.34. The minimum absolute atomic E-state index is 0.170. The molecule has 28 heavy (non-hydrogen) atoms. The molecule has 0 spiro atoms. The molecule has 2 heterocycles. The molecule has 150 valence electrons. The number of benzene rings is 1. The fraction of sp³-hybridized carbons (Fsp3) is 0.429. The molecule has 0 radical (unpaired) electrons. The summed E-state index contributed by atoms with van der Waals surface area (Å²) < 4.78 is 10.3. The van der Waals surface area contributed by atoms with E-state index in [9.17, 15) is 9.59 Å². The zero-order valence-electron chi connectivity index (χ0n) is 16.6. The predicted molar refractivity (Wildman–Crippen MR) is 106 cm³/mol. The van der Waals surface area contributed by atoms with Gasteiger partial charge in [0.15, 0.2) is 0 Å². The Morgan fingerprint density at radius 2 is 1.89 bits per heavy atom. The number of rotatable bonds is 6. The highest BCUT2D eigenvalue weighted by Gasteiger charge is 2.25. The largest absolute Gasteiger partial charge is 0.465 e. The van der Waals surface area contributed by atoms with E-state index in [1.54, 1.807) is 13.8 Å². The van der Waals surface area contributed by atoms with E-state index in [-0.39, 0.29) is 11.9 Å². The summed E-state index contributed by atoms with van der Waals surface area (Å²) in [5.41, 5.74) is 3.06. The van der Waals surface area contributed by atoms with Crippen LogP contribution in [-0.4, -0.2) is 61.7 Å². The first-order chi connectivity index (χ1) is 13.5. The Balaban J connectivity index is 1.82. The Bertz CT molecular complexity index is 826. The molecule has 1 aromatic heterocycles. The number of amides is 1. The van der Waals surface area contributed by atoms with Crippen molar-refractivity contribution in [3.8, 4) is 0 Å². The highest BCUT2D eigenvalue weighted by Crippen LogP contribution is 2.21. The van der Waals surface area contributed by atoms with Crippen LogP contribution in [0.2, 0.25) is 0 Å². The van der Waals surface area contributed by atoms with Gasteiger partial charge in [-0.3, -0.25) is 9.69 Å². The molecule has 0 saturated carbocycles. The second-order valence-electron chi connectivity index (χ2n) is 6.97. The number of methoxy groups -OCH3 is 1. The smallest absolute Gasteiger partial charge is 0.339 e. The highest BCUT2D eigenvalue weighted by atomic mass is 16.5. The summed E-state index contributed by atoms with van der Waals surface area (Å²) in [6, 6.07) is 9.74. The van der Waals surface area contributed by atoms with Crippen molar-refractivity contribution in [2.24, 2.45) is 0 Å². The van der Waals surface area contributed by atoms with Gasteiger partial charge in [-0.15, -0.1) is 0 Å². The fourth-order valence-electron chi connectivity index (χ4n) is 3.58. The number of esters is 1. The van der Waals surface area contributed by atoms with Gasteiger partial charge in [-0.2, -0.15) is 0 Å². The van der Waals surface area contributed by atoms with Crippen LogP contribution in [-0.2, 0) is 9.47 Å². The van der Waals surface area contributed by atoms with E-state index in [2.05, 4.69) is 15.2 Å². The number of nitrogens with zero attached hydrogens (tertiary/aromatic N) is 1. The van der Waals surface area contributed by atoms with Gasteiger partial charge < -0.3 is 19.8 Å². The first kappa shape index (κ1) is 20.1. The van der Waals surface area contributed by atoms with Gasteiger partial charge in [-0.05, 0) is 25.0 Å². The van der Waals surface area contributed by atoms with E-state index in [4.69, 9.17) is 9.47 Å². The molecule has 1 unspecified atom stereocenters. The van der Waals surface area contributed by atoms with Crippen LogP contribution < -0.4 is 5.32 Å². The third kappa shape index (κ3) is 4.43. The number of hydrogen-bond acceptors (Lipinski definition) is 5. The molecule has 2 N–H and O–H groups in total. The Kier molecular flexibility index (Phi) is 6.49. The van der Waals surface area contributed by atoms with Gasteiger partial charge in [0.1, 0.15) is 5.69 Å². The van der Waals surface area contributed by atoms with Crippen molar-refractivity contribution in [1.29, 1.82) is 0 Å². The monoisotopic (exact) mass is 385 g/mol. The molecule has 2 aromatic rings. The van der Waals surface area contributed by atoms with Gasteiger partial charge in [0.2, 0.25) is 0 Å². The van der Waals surface area contributed by atoms with Crippen LogP contribution in [0.15, 0.2) is 30.3 Å². The minimum atomic E-state index is -0.446. The van der Waals surface area contributed by atoms with Gasteiger partial charge in [-0.25, -0.2) is 4.79 Å². The SMILES string of the molecule is COC(=O)c1c(C)[nH]c(C(=O)NC(CN2CCOCC2)c2ccccc2)c1C. The molecule has 0 aliphatic carbocycles. The first-order valence-corrected chi connectivity index (χ1v) is 9.44. The Morgan fingerprint density at radius 1 is 1.21 bits per heavy atom. The van der Waals surface area contributed by atoms with Crippen LogP contribution in [0.25, 0.3) is 0 Å². The van der Waals surface area contributed by atoms with Crippen molar-refractivity contribution in [2.75, 3.05) is 40.0 Å². The highest BCUT2D eigenvalue weighted by molar-refractivity contribution is 6.00. The van der Waals surface area contributed by atoms with E-state index in [1.165, 1.54) is 7.11 Å². The van der Waals surface area contributed by atoms with Crippen LogP contribution >= 0.6 is 0 Å². The number of H-pyrrole nitrogens is 1. The maximum absolute atomic E-state index is 13.0. The number of ether oxygens (including phenoxy) is 2. The average molecular weight is 385 g/mol. The zero-order chi connectivity index (χ0) is 20.1. The predicted octanol–water partition coefficient (Wildman–Crippen LogP) is 2.22. The van der Waals surface area contributed by atoms with Crippen LogP contribution in [0, 0.1) is 13.8 Å². The Morgan fingerprint density at radius 3 is 2.54 bits per heavy atom. The molecule has 1 amide bonds.